The fraction of sp³-hybridized carbons (Fsp3) is 0.316. The van der Waals surface area contributed by atoms with Crippen molar-refractivity contribution in [1.82, 2.24) is 14.9 Å². The van der Waals surface area contributed by atoms with Gasteiger partial charge in [-0.25, -0.2) is 4.98 Å². The van der Waals surface area contributed by atoms with Gasteiger partial charge in [0.15, 0.2) is 0 Å². The van der Waals surface area contributed by atoms with E-state index in [1.807, 2.05) is 4.57 Å². The van der Waals surface area contributed by atoms with Gasteiger partial charge in [0.1, 0.15) is 23.9 Å². The Kier molecular flexibility index (Phi) is 4.09. The molecule has 3 heterocycles. The Morgan fingerprint density at radius 2 is 2.30 bits per heavy atom. The molecule has 4 N–H and O–H groups in total. The first-order valence-electron chi connectivity index (χ1n) is 8.64. The van der Waals surface area contributed by atoms with E-state index in [4.69, 9.17) is 10.5 Å². The van der Waals surface area contributed by atoms with Gasteiger partial charge in [-0.05, 0) is 31.0 Å². The second-order valence-electron chi connectivity index (χ2n) is 6.54. The van der Waals surface area contributed by atoms with Crippen LogP contribution in [0.2, 0.25) is 0 Å². The van der Waals surface area contributed by atoms with Crippen LogP contribution >= 0.6 is 0 Å². The van der Waals surface area contributed by atoms with Crippen LogP contribution in [0.1, 0.15) is 28.9 Å². The molecule has 4 rings (SSSR count). The van der Waals surface area contributed by atoms with Gasteiger partial charge in [-0.3, -0.25) is 9.59 Å². The zero-order valence-corrected chi connectivity index (χ0v) is 14.5. The van der Waals surface area contributed by atoms with Gasteiger partial charge in [-0.15, -0.1) is 0 Å². The minimum atomic E-state index is -1.68. The zero-order chi connectivity index (χ0) is 19.0. The van der Waals surface area contributed by atoms with E-state index in [9.17, 15) is 14.7 Å². The number of aliphatic hydroxyl groups is 1. The molecule has 8 heteroatoms. The standard InChI is InChI=1S/C19H18N4O4/c20-16(24)14-11-23-8-9-27-15-3-2-12(10-13(15)17(23)22-14)4-6-19(26)5-1-7-21-18(19)25/h2-3,10-11,26H,1,5,7-9H2,(H2,20,24)(H,21,25). The molecule has 1 aromatic carbocycles. The molecule has 8 nitrogen and oxygen atoms in total. The fourth-order valence-corrected chi connectivity index (χ4v) is 3.18. The molecule has 2 amide bonds. The largest absolute Gasteiger partial charge is 0.491 e. The number of carbonyl (C=O) groups excluding carboxylic acids is 2. The first kappa shape index (κ1) is 17.1. The number of imidazole rings is 1. The van der Waals surface area contributed by atoms with Crippen molar-refractivity contribution in [3.05, 3.63) is 35.7 Å². The van der Waals surface area contributed by atoms with Crippen LogP contribution < -0.4 is 15.8 Å². The molecule has 2 aliphatic rings. The van der Waals surface area contributed by atoms with Crippen molar-refractivity contribution < 1.29 is 19.4 Å². The second kappa shape index (κ2) is 6.45. The fourth-order valence-electron chi connectivity index (χ4n) is 3.18. The molecule has 0 saturated carbocycles. The molecule has 1 atom stereocenters. The van der Waals surface area contributed by atoms with E-state index < -0.39 is 17.4 Å². The van der Waals surface area contributed by atoms with Crippen LogP contribution in [0.5, 0.6) is 5.75 Å². The molecule has 2 aromatic rings. The van der Waals surface area contributed by atoms with Crippen molar-refractivity contribution in [2.75, 3.05) is 13.2 Å². The summed E-state index contributed by atoms with van der Waals surface area (Å²) in [7, 11) is 0. The van der Waals surface area contributed by atoms with Crippen molar-refractivity contribution in [2.24, 2.45) is 5.73 Å². The maximum Gasteiger partial charge on any atom is 0.268 e. The van der Waals surface area contributed by atoms with Crippen molar-refractivity contribution in [2.45, 2.75) is 25.0 Å². The summed E-state index contributed by atoms with van der Waals surface area (Å²) in [6.07, 6.45) is 2.57. The quantitative estimate of drug-likeness (QED) is 0.616. The number of hydrogen-bond acceptors (Lipinski definition) is 5. The number of hydrogen-bond donors (Lipinski definition) is 3. The zero-order valence-electron chi connectivity index (χ0n) is 14.5. The number of aromatic nitrogens is 2. The van der Waals surface area contributed by atoms with Crippen LogP contribution in [0.3, 0.4) is 0 Å². The number of benzene rings is 1. The minimum absolute atomic E-state index is 0.183. The SMILES string of the molecule is NC(=O)c1cn2c(n1)-c1cc(C#CC3(O)CCCNC3=O)ccc1OCC2. The van der Waals surface area contributed by atoms with Gasteiger partial charge in [0.25, 0.3) is 11.8 Å². The molecular weight excluding hydrogens is 348 g/mol. The number of fused-ring (bicyclic) bond motifs is 3. The Morgan fingerprint density at radius 3 is 3.07 bits per heavy atom. The van der Waals surface area contributed by atoms with Crippen molar-refractivity contribution >= 4 is 11.8 Å². The Morgan fingerprint density at radius 1 is 1.44 bits per heavy atom. The number of rotatable bonds is 1. The summed E-state index contributed by atoms with van der Waals surface area (Å²) >= 11 is 0. The van der Waals surface area contributed by atoms with Crippen LogP contribution in [-0.4, -0.2) is 45.2 Å². The predicted octanol–water partition coefficient (Wildman–Crippen LogP) is 0.0340. The summed E-state index contributed by atoms with van der Waals surface area (Å²) in [5, 5.41) is 13.1. The summed E-state index contributed by atoms with van der Waals surface area (Å²) in [5.74, 6) is 5.67. The number of ether oxygens (including phenoxy) is 1. The third-order valence-corrected chi connectivity index (χ3v) is 4.63. The Balaban J connectivity index is 1.73. The molecule has 138 valence electrons. The van der Waals surface area contributed by atoms with E-state index in [0.717, 1.165) is 0 Å². The number of nitrogens with two attached hydrogens (primary N) is 1. The van der Waals surface area contributed by atoms with E-state index in [2.05, 4.69) is 22.1 Å². The van der Waals surface area contributed by atoms with E-state index in [1.165, 1.54) is 0 Å². The first-order valence-corrected chi connectivity index (χ1v) is 8.64. The third kappa shape index (κ3) is 3.13. The lowest BCUT2D eigenvalue weighted by molar-refractivity contribution is -0.137. The van der Waals surface area contributed by atoms with Crippen LogP contribution in [0.15, 0.2) is 24.4 Å². The van der Waals surface area contributed by atoms with Crippen molar-refractivity contribution in [1.29, 1.82) is 0 Å². The lowest BCUT2D eigenvalue weighted by Crippen LogP contribution is -2.50. The van der Waals surface area contributed by atoms with Gasteiger partial charge < -0.3 is 25.5 Å². The summed E-state index contributed by atoms with van der Waals surface area (Å²) in [6.45, 7) is 1.51. The van der Waals surface area contributed by atoms with Gasteiger partial charge in [0.2, 0.25) is 5.60 Å². The molecule has 1 aromatic heterocycles. The van der Waals surface area contributed by atoms with E-state index in [1.54, 1.807) is 24.4 Å². The number of amides is 2. The number of nitrogens with zero attached hydrogens (tertiary/aromatic N) is 2. The van der Waals surface area contributed by atoms with Gasteiger partial charge in [0.05, 0.1) is 12.1 Å². The third-order valence-electron chi connectivity index (χ3n) is 4.63. The molecule has 0 radical (unpaired) electrons. The van der Waals surface area contributed by atoms with Crippen LogP contribution in [-0.2, 0) is 11.3 Å². The van der Waals surface area contributed by atoms with Gasteiger partial charge in [0, 0.05) is 18.3 Å². The molecule has 27 heavy (non-hydrogen) atoms. The number of piperidine rings is 1. The molecule has 0 bridgehead atoms. The number of nitrogens with one attached hydrogen (secondary N) is 1. The normalized spacial score (nSPS) is 20.9. The highest BCUT2D eigenvalue weighted by atomic mass is 16.5. The summed E-state index contributed by atoms with van der Waals surface area (Å²) in [4.78, 5) is 27.7. The lowest BCUT2D eigenvalue weighted by Gasteiger charge is -2.25. The van der Waals surface area contributed by atoms with E-state index in [-0.39, 0.29) is 5.69 Å². The molecule has 0 aliphatic carbocycles. The highest BCUT2D eigenvalue weighted by Crippen LogP contribution is 2.32. The monoisotopic (exact) mass is 366 g/mol. The molecule has 1 saturated heterocycles. The summed E-state index contributed by atoms with van der Waals surface area (Å²) < 4.78 is 7.55. The average Bonchev–Trinajstić information content (AvgIpc) is 3.00. The Hall–Kier alpha value is -3.31. The maximum atomic E-state index is 11.9. The number of primary amides is 1. The van der Waals surface area contributed by atoms with Gasteiger partial charge in [-0.2, -0.15) is 0 Å². The van der Waals surface area contributed by atoms with Gasteiger partial charge >= 0.3 is 0 Å². The Bertz CT molecular complexity index is 1000. The van der Waals surface area contributed by atoms with Crippen LogP contribution in [0.4, 0.5) is 0 Å². The van der Waals surface area contributed by atoms with E-state index >= 15 is 0 Å². The van der Waals surface area contributed by atoms with Crippen LogP contribution in [0.25, 0.3) is 11.4 Å². The summed E-state index contributed by atoms with van der Waals surface area (Å²) in [6, 6.07) is 5.28. The lowest BCUT2D eigenvalue weighted by atomic mass is 9.93. The van der Waals surface area contributed by atoms with Crippen molar-refractivity contribution in [3.8, 4) is 29.0 Å². The topological polar surface area (TPSA) is 119 Å². The summed E-state index contributed by atoms with van der Waals surface area (Å²) in [5.41, 5.74) is 5.11. The first-order chi connectivity index (χ1) is 13.0. The maximum absolute atomic E-state index is 11.9. The minimum Gasteiger partial charge on any atom is -0.491 e. The smallest absolute Gasteiger partial charge is 0.268 e. The second-order valence-corrected chi connectivity index (χ2v) is 6.54. The highest BCUT2D eigenvalue weighted by Gasteiger charge is 2.36. The van der Waals surface area contributed by atoms with Gasteiger partial charge in [-0.1, -0.05) is 11.8 Å². The molecule has 1 fully saturated rings. The number of carbonyl (C=O) groups is 2. The highest BCUT2D eigenvalue weighted by molar-refractivity contribution is 5.91. The molecule has 0 spiro atoms. The van der Waals surface area contributed by atoms with E-state index in [0.29, 0.717) is 55.2 Å². The predicted molar refractivity (Wildman–Crippen MR) is 95.7 cm³/mol. The van der Waals surface area contributed by atoms with Crippen LogP contribution in [0, 0.1) is 11.8 Å². The van der Waals surface area contributed by atoms with Crippen molar-refractivity contribution in [3.63, 3.8) is 0 Å². The average molecular weight is 366 g/mol. The molecule has 1 unspecified atom stereocenters. The molecule has 2 aliphatic heterocycles. The molecular formula is C19H18N4O4. The Labute approximate surface area is 155 Å².